The second-order valence-electron chi connectivity index (χ2n) is 8.04. The van der Waals surface area contributed by atoms with Crippen molar-refractivity contribution in [1.82, 2.24) is 4.90 Å². The van der Waals surface area contributed by atoms with Crippen LogP contribution < -0.4 is 0 Å². The number of hydrogen-bond acceptors (Lipinski definition) is 2. The van der Waals surface area contributed by atoms with Crippen LogP contribution in [0.2, 0.25) is 0 Å². The van der Waals surface area contributed by atoms with E-state index in [-0.39, 0.29) is 17.6 Å². The van der Waals surface area contributed by atoms with Gasteiger partial charge in [-0.3, -0.25) is 0 Å². The topological polar surface area (TPSA) is 29.5 Å². The van der Waals surface area contributed by atoms with Crippen LogP contribution in [-0.2, 0) is 11.2 Å². The highest BCUT2D eigenvalue weighted by atomic mass is 79.9. The van der Waals surface area contributed by atoms with Crippen LogP contribution >= 0.6 is 15.9 Å². The molecule has 0 aliphatic carbocycles. The molecule has 3 nitrogen and oxygen atoms in total. The molecule has 0 N–H and O–H groups in total. The molecule has 122 valence electrons. The summed E-state index contributed by atoms with van der Waals surface area (Å²) in [5.74, 6) is 0. The molecule has 1 unspecified atom stereocenters. The fourth-order valence-electron chi connectivity index (χ4n) is 3.04. The molecule has 1 aromatic rings. The van der Waals surface area contributed by atoms with Gasteiger partial charge in [0.1, 0.15) is 5.60 Å². The minimum atomic E-state index is -0.475. The molecule has 2 rings (SSSR count). The molecule has 1 amide bonds. The third kappa shape index (κ3) is 3.83. The number of carbonyl (C=O) groups excluding carboxylic acids is 1. The van der Waals surface area contributed by atoms with Crippen LogP contribution in [-0.4, -0.2) is 23.1 Å². The summed E-state index contributed by atoms with van der Waals surface area (Å²) in [6.45, 7) is 12.9. The highest BCUT2D eigenvalue weighted by Gasteiger charge is 2.40. The van der Waals surface area contributed by atoms with Crippen molar-refractivity contribution < 1.29 is 9.53 Å². The van der Waals surface area contributed by atoms with Gasteiger partial charge in [-0.1, -0.05) is 42.8 Å². The van der Waals surface area contributed by atoms with Crippen LogP contribution in [0, 0.1) is 5.41 Å². The van der Waals surface area contributed by atoms with Crippen molar-refractivity contribution in [2.45, 2.75) is 59.6 Å². The summed E-state index contributed by atoms with van der Waals surface area (Å²) >= 11 is 3.56. The van der Waals surface area contributed by atoms with Gasteiger partial charge in [0.05, 0.1) is 6.04 Å². The van der Waals surface area contributed by atoms with Crippen molar-refractivity contribution >= 4 is 22.0 Å². The fourth-order valence-corrected chi connectivity index (χ4v) is 3.42. The SMILES string of the molecule is CC(C)(C)OC(=O)N1CCc2ccc(Br)cc2C1C(C)(C)C. The number of halogens is 1. The summed E-state index contributed by atoms with van der Waals surface area (Å²) in [6, 6.07) is 6.39. The lowest BCUT2D eigenvalue weighted by Gasteiger charge is -2.44. The lowest BCUT2D eigenvalue weighted by atomic mass is 9.77. The Bertz CT molecular complexity index is 569. The number of ether oxygens (including phenoxy) is 1. The summed E-state index contributed by atoms with van der Waals surface area (Å²) in [6.07, 6.45) is 0.645. The van der Waals surface area contributed by atoms with Gasteiger partial charge in [-0.05, 0) is 55.9 Å². The molecule has 0 saturated carbocycles. The standard InChI is InChI=1S/C18H26BrNO2/c1-17(2,3)15-14-11-13(19)8-7-12(14)9-10-20(15)16(21)22-18(4,5)6/h7-8,11,15H,9-10H2,1-6H3. The molecule has 0 aromatic heterocycles. The van der Waals surface area contributed by atoms with E-state index in [1.807, 2.05) is 25.7 Å². The normalized spacial score (nSPS) is 18.9. The van der Waals surface area contributed by atoms with E-state index in [1.54, 1.807) is 0 Å². The fraction of sp³-hybridized carbons (Fsp3) is 0.611. The van der Waals surface area contributed by atoms with Crippen molar-refractivity contribution in [3.63, 3.8) is 0 Å². The predicted molar refractivity (Wildman–Crippen MR) is 93.0 cm³/mol. The van der Waals surface area contributed by atoms with E-state index in [0.717, 1.165) is 10.9 Å². The van der Waals surface area contributed by atoms with E-state index in [0.29, 0.717) is 6.54 Å². The van der Waals surface area contributed by atoms with Crippen LogP contribution in [0.4, 0.5) is 4.79 Å². The van der Waals surface area contributed by atoms with E-state index >= 15 is 0 Å². The van der Waals surface area contributed by atoms with Crippen LogP contribution in [0.5, 0.6) is 0 Å². The van der Waals surface area contributed by atoms with Crippen molar-refractivity contribution in [2.24, 2.45) is 5.41 Å². The molecular weight excluding hydrogens is 342 g/mol. The summed E-state index contributed by atoms with van der Waals surface area (Å²) in [7, 11) is 0. The largest absolute Gasteiger partial charge is 0.444 e. The molecule has 1 aliphatic heterocycles. The van der Waals surface area contributed by atoms with Gasteiger partial charge in [0, 0.05) is 11.0 Å². The van der Waals surface area contributed by atoms with Crippen LogP contribution in [0.25, 0.3) is 0 Å². The zero-order chi connectivity index (χ0) is 16.7. The van der Waals surface area contributed by atoms with Crippen molar-refractivity contribution in [3.8, 4) is 0 Å². The number of nitrogens with zero attached hydrogens (tertiary/aromatic N) is 1. The first-order chi connectivity index (χ1) is 9.99. The summed E-state index contributed by atoms with van der Waals surface area (Å²) < 4.78 is 6.67. The second kappa shape index (κ2) is 5.88. The van der Waals surface area contributed by atoms with Gasteiger partial charge in [0.25, 0.3) is 0 Å². The molecule has 1 heterocycles. The van der Waals surface area contributed by atoms with E-state index in [4.69, 9.17) is 4.74 Å². The lowest BCUT2D eigenvalue weighted by molar-refractivity contribution is -0.000980. The average molecular weight is 368 g/mol. The smallest absolute Gasteiger partial charge is 0.410 e. The van der Waals surface area contributed by atoms with Crippen molar-refractivity contribution in [1.29, 1.82) is 0 Å². The molecule has 0 saturated heterocycles. The Kier molecular flexibility index (Phi) is 4.63. The molecule has 0 fully saturated rings. The number of fused-ring (bicyclic) bond motifs is 1. The van der Waals surface area contributed by atoms with Gasteiger partial charge in [-0.2, -0.15) is 0 Å². The summed E-state index contributed by atoms with van der Waals surface area (Å²) in [5.41, 5.74) is 2.01. The molecule has 4 heteroatoms. The van der Waals surface area contributed by atoms with Gasteiger partial charge in [0.15, 0.2) is 0 Å². The third-order valence-electron chi connectivity index (χ3n) is 3.78. The highest BCUT2D eigenvalue weighted by Crippen LogP contribution is 2.43. The molecule has 1 atom stereocenters. The molecule has 1 aromatic carbocycles. The van der Waals surface area contributed by atoms with E-state index < -0.39 is 5.60 Å². The Morgan fingerprint density at radius 3 is 2.41 bits per heavy atom. The van der Waals surface area contributed by atoms with Crippen molar-refractivity contribution in [3.05, 3.63) is 33.8 Å². The predicted octanol–water partition coefficient (Wildman–Crippen LogP) is 5.33. The van der Waals surface area contributed by atoms with Crippen LogP contribution in [0.15, 0.2) is 22.7 Å². The Balaban J connectivity index is 2.42. The van der Waals surface area contributed by atoms with Gasteiger partial charge in [-0.15, -0.1) is 0 Å². The maximum atomic E-state index is 12.7. The number of amides is 1. The Labute approximate surface area is 142 Å². The zero-order valence-electron chi connectivity index (χ0n) is 14.4. The first kappa shape index (κ1) is 17.3. The Morgan fingerprint density at radius 2 is 1.86 bits per heavy atom. The molecular formula is C18H26BrNO2. The minimum Gasteiger partial charge on any atom is -0.444 e. The van der Waals surface area contributed by atoms with Gasteiger partial charge in [-0.25, -0.2) is 4.79 Å². The molecule has 0 spiro atoms. The average Bonchev–Trinajstić information content (AvgIpc) is 2.33. The summed E-state index contributed by atoms with van der Waals surface area (Å²) in [4.78, 5) is 14.5. The third-order valence-corrected chi connectivity index (χ3v) is 4.28. The van der Waals surface area contributed by atoms with Gasteiger partial charge < -0.3 is 9.64 Å². The van der Waals surface area contributed by atoms with Gasteiger partial charge in [0.2, 0.25) is 0 Å². The number of benzene rings is 1. The van der Waals surface area contributed by atoms with E-state index in [2.05, 4.69) is 54.9 Å². The maximum absolute atomic E-state index is 12.7. The molecule has 22 heavy (non-hydrogen) atoms. The second-order valence-corrected chi connectivity index (χ2v) is 8.95. The van der Waals surface area contributed by atoms with E-state index in [9.17, 15) is 4.79 Å². The van der Waals surface area contributed by atoms with Crippen LogP contribution in [0.3, 0.4) is 0 Å². The Morgan fingerprint density at radius 1 is 1.23 bits per heavy atom. The quantitative estimate of drug-likeness (QED) is 0.620. The highest BCUT2D eigenvalue weighted by molar-refractivity contribution is 9.10. The lowest BCUT2D eigenvalue weighted by Crippen LogP contribution is -2.47. The first-order valence-electron chi connectivity index (χ1n) is 7.77. The summed E-state index contributed by atoms with van der Waals surface area (Å²) in [5, 5.41) is 0. The van der Waals surface area contributed by atoms with Crippen LogP contribution in [0.1, 0.15) is 58.7 Å². The first-order valence-corrected chi connectivity index (χ1v) is 8.56. The Hall–Kier alpha value is -1.03. The number of carbonyl (C=O) groups is 1. The monoisotopic (exact) mass is 367 g/mol. The maximum Gasteiger partial charge on any atom is 0.410 e. The number of rotatable bonds is 0. The zero-order valence-corrected chi connectivity index (χ0v) is 16.0. The van der Waals surface area contributed by atoms with Gasteiger partial charge >= 0.3 is 6.09 Å². The molecule has 0 bridgehead atoms. The number of hydrogen-bond donors (Lipinski definition) is 0. The van der Waals surface area contributed by atoms with E-state index in [1.165, 1.54) is 11.1 Å². The minimum absolute atomic E-state index is 0.0172. The van der Waals surface area contributed by atoms with Crippen molar-refractivity contribution in [2.75, 3.05) is 6.54 Å². The molecule has 0 radical (unpaired) electrons. The molecule has 1 aliphatic rings.